The van der Waals surface area contributed by atoms with Gasteiger partial charge in [0.1, 0.15) is 11.6 Å². The topological polar surface area (TPSA) is 71.1 Å². The fourth-order valence-electron chi connectivity index (χ4n) is 2.34. The van der Waals surface area contributed by atoms with Gasteiger partial charge in [0.2, 0.25) is 0 Å². The van der Waals surface area contributed by atoms with E-state index >= 15 is 0 Å². The number of carbonyl (C=O) groups excluding carboxylic acids is 2. The number of halogens is 2. The normalized spacial score (nSPS) is 10.5. The first-order valence-corrected chi connectivity index (χ1v) is 7.38. The first-order chi connectivity index (χ1) is 11.9. The maximum Gasteiger partial charge on any atom is 0.326 e. The molecular formula is C18H13F2N3O2. The molecule has 3 amide bonds. The molecule has 0 fully saturated rings. The lowest BCUT2D eigenvalue weighted by Gasteiger charge is -2.10. The molecular weight excluding hydrogens is 328 g/mol. The number of amides is 3. The van der Waals surface area contributed by atoms with E-state index in [1.165, 1.54) is 0 Å². The first-order valence-electron chi connectivity index (χ1n) is 7.38. The van der Waals surface area contributed by atoms with Gasteiger partial charge in [0.15, 0.2) is 0 Å². The molecule has 0 saturated carbocycles. The van der Waals surface area contributed by atoms with Crippen LogP contribution >= 0.6 is 0 Å². The molecule has 0 aliphatic carbocycles. The lowest BCUT2D eigenvalue weighted by Crippen LogP contribution is -2.34. The van der Waals surface area contributed by atoms with Crippen LogP contribution in [0.15, 0.2) is 48.5 Å². The summed E-state index contributed by atoms with van der Waals surface area (Å²) in [5.74, 6) is -2.83. The van der Waals surface area contributed by atoms with Crippen LogP contribution in [0, 0.1) is 18.6 Å². The van der Waals surface area contributed by atoms with Crippen LogP contribution in [-0.2, 0) is 0 Å². The predicted molar refractivity (Wildman–Crippen MR) is 89.3 cm³/mol. The summed E-state index contributed by atoms with van der Waals surface area (Å²) in [4.78, 5) is 28.3. The zero-order valence-corrected chi connectivity index (χ0v) is 13.1. The van der Waals surface area contributed by atoms with Crippen LogP contribution in [0.2, 0.25) is 0 Å². The Bertz CT molecular complexity index is 989. The summed E-state index contributed by atoms with van der Waals surface area (Å²) in [7, 11) is 0. The minimum Gasteiger partial charge on any atom is -0.306 e. The fourth-order valence-corrected chi connectivity index (χ4v) is 2.34. The van der Waals surface area contributed by atoms with Crippen LogP contribution in [0.25, 0.3) is 10.9 Å². The van der Waals surface area contributed by atoms with E-state index in [0.29, 0.717) is 17.3 Å². The third kappa shape index (κ3) is 3.60. The third-order valence-electron chi connectivity index (χ3n) is 3.51. The molecule has 3 rings (SSSR count). The summed E-state index contributed by atoms with van der Waals surface area (Å²) in [5.41, 5.74) is 1.32. The number of urea groups is 1. The Morgan fingerprint density at radius 2 is 1.84 bits per heavy atom. The number of fused-ring (bicyclic) bond motifs is 1. The molecule has 0 radical (unpaired) electrons. The number of imide groups is 1. The molecule has 0 bridgehead atoms. The number of benzene rings is 2. The SMILES string of the molecule is Cc1ccc2cccc(NC(=O)NC(=O)c3ccc(F)cc3F)c2n1. The number of rotatable bonds is 2. The monoisotopic (exact) mass is 341 g/mol. The largest absolute Gasteiger partial charge is 0.326 e. The Morgan fingerprint density at radius 3 is 2.60 bits per heavy atom. The van der Waals surface area contributed by atoms with Crippen molar-refractivity contribution in [2.75, 3.05) is 5.32 Å². The standard InChI is InChI=1S/C18H13F2N3O2/c1-10-5-6-11-3-2-4-15(16(11)21-10)22-18(25)23-17(24)13-8-7-12(19)9-14(13)20/h2-9H,1H3,(H2,22,23,24,25). The minimum absolute atomic E-state index is 0.408. The summed E-state index contributed by atoms with van der Waals surface area (Å²) in [6, 6.07) is 10.5. The van der Waals surface area contributed by atoms with Gasteiger partial charge in [0, 0.05) is 17.1 Å². The zero-order chi connectivity index (χ0) is 18.0. The maximum absolute atomic E-state index is 13.6. The van der Waals surface area contributed by atoms with E-state index in [9.17, 15) is 18.4 Å². The molecule has 1 heterocycles. The Morgan fingerprint density at radius 1 is 1.04 bits per heavy atom. The van der Waals surface area contributed by atoms with Crippen molar-refractivity contribution < 1.29 is 18.4 Å². The van der Waals surface area contributed by atoms with Crippen molar-refractivity contribution in [1.82, 2.24) is 10.3 Å². The van der Waals surface area contributed by atoms with Crippen molar-refractivity contribution in [3.05, 3.63) is 71.4 Å². The van der Waals surface area contributed by atoms with E-state index in [-0.39, 0.29) is 0 Å². The Hall–Kier alpha value is -3.35. The van der Waals surface area contributed by atoms with Gasteiger partial charge in [-0.15, -0.1) is 0 Å². The summed E-state index contributed by atoms with van der Waals surface area (Å²) >= 11 is 0. The molecule has 0 aliphatic heterocycles. The summed E-state index contributed by atoms with van der Waals surface area (Å²) in [5, 5.41) is 5.34. The van der Waals surface area contributed by atoms with Crippen molar-refractivity contribution in [2.45, 2.75) is 6.92 Å². The number of aryl methyl sites for hydroxylation is 1. The number of carbonyl (C=O) groups is 2. The van der Waals surface area contributed by atoms with E-state index in [0.717, 1.165) is 23.2 Å². The number of hydrogen-bond donors (Lipinski definition) is 2. The molecule has 0 aliphatic rings. The fraction of sp³-hybridized carbons (Fsp3) is 0.0556. The summed E-state index contributed by atoms with van der Waals surface area (Å²) in [6.45, 7) is 1.82. The van der Waals surface area contributed by atoms with Crippen LogP contribution in [0.1, 0.15) is 16.1 Å². The van der Waals surface area contributed by atoms with Crippen molar-refractivity contribution in [3.63, 3.8) is 0 Å². The third-order valence-corrected chi connectivity index (χ3v) is 3.51. The summed E-state index contributed by atoms with van der Waals surface area (Å²) < 4.78 is 26.5. The maximum atomic E-state index is 13.6. The lowest BCUT2D eigenvalue weighted by atomic mass is 10.1. The van der Waals surface area contributed by atoms with Crippen LogP contribution in [-0.4, -0.2) is 16.9 Å². The molecule has 3 aromatic rings. The van der Waals surface area contributed by atoms with Gasteiger partial charge in [0.05, 0.1) is 16.8 Å². The number of aromatic nitrogens is 1. The predicted octanol–water partition coefficient (Wildman–Crippen LogP) is 3.78. The number of nitrogens with zero attached hydrogens (tertiary/aromatic N) is 1. The molecule has 2 N–H and O–H groups in total. The van der Waals surface area contributed by atoms with E-state index < -0.39 is 29.1 Å². The van der Waals surface area contributed by atoms with Gasteiger partial charge in [0.25, 0.3) is 5.91 Å². The van der Waals surface area contributed by atoms with Crippen molar-refractivity contribution in [3.8, 4) is 0 Å². The number of pyridine rings is 1. The highest BCUT2D eigenvalue weighted by Gasteiger charge is 2.16. The number of anilines is 1. The molecule has 1 aromatic heterocycles. The van der Waals surface area contributed by atoms with Crippen molar-refractivity contribution in [2.24, 2.45) is 0 Å². The zero-order valence-electron chi connectivity index (χ0n) is 13.1. The van der Waals surface area contributed by atoms with Gasteiger partial charge < -0.3 is 5.32 Å². The van der Waals surface area contributed by atoms with Gasteiger partial charge >= 0.3 is 6.03 Å². The first kappa shape index (κ1) is 16.5. The van der Waals surface area contributed by atoms with Gasteiger partial charge in [-0.25, -0.2) is 13.6 Å². The van der Waals surface area contributed by atoms with Gasteiger partial charge in [-0.2, -0.15) is 0 Å². The molecule has 126 valence electrons. The minimum atomic E-state index is -1.05. The van der Waals surface area contributed by atoms with E-state index in [1.807, 2.05) is 30.4 Å². The van der Waals surface area contributed by atoms with E-state index in [2.05, 4.69) is 10.3 Å². The smallest absolute Gasteiger partial charge is 0.306 e. The van der Waals surface area contributed by atoms with Gasteiger partial charge in [-0.1, -0.05) is 18.2 Å². The van der Waals surface area contributed by atoms with Gasteiger partial charge in [-0.3, -0.25) is 15.1 Å². The van der Waals surface area contributed by atoms with Crippen LogP contribution < -0.4 is 10.6 Å². The number of nitrogens with one attached hydrogen (secondary N) is 2. The molecule has 7 heteroatoms. The van der Waals surface area contributed by atoms with Gasteiger partial charge in [-0.05, 0) is 31.2 Å². The van der Waals surface area contributed by atoms with Crippen molar-refractivity contribution in [1.29, 1.82) is 0 Å². The lowest BCUT2D eigenvalue weighted by molar-refractivity contribution is 0.0963. The highest BCUT2D eigenvalue weighted by Crippen LogP contribution is 2.21. The summed E-state index contributed by atoms with van der Waals surface area (Å²) in [6.07, 6.45) is 0. The molecule has 5 nitrogen and oxygen atoms in total. The van der Waals surface area contributed by atoms with Crippen LogP contribution in [0.4, 0.5) is 19.3 Å². The molecule has 2 aromatic carbocycles. The van der Waals surface area contributed by atoms with Crippen molar-refractivity contribution >= 4 is 28.5 Å². The molecule has 0 atom stereocenters. The molecule has 0 spiro atoms. The highest BCUT2D eigenvalue weighted by molar-refractivity contribution is 6.10. The second-order valence-electron chi connectivity index (χ2n) is 5.36. The average Bonchev–Trinajstić information content (AvgIpc) is 2.55. The van der Waals surface area contributed by atoms with Crippen LogP contribution in [0.3, 0.4) is 0 Å². The molecule has 0 unspecified atom stereocenters. The average molecular weight is 341 g/mol. The number of para-hydroxylation sites is 1. The number of hydrogen-bond acceptors (Lipinski definition) is 3. The Balaban J connectivity index is 1.79. The van der Waals surface area contributed by atoms with E-state index in [4.69, 9.17) is 0 Å². The second kappa shape index (κ2) is 6.64. The second-order valence-corrected chi connectivity index (χ2v) is 5.36. The molecule has 0 saturated heterocycles. The Kier molecular flexibility index (Phi) is 4.38. The highest BCUT2D eigenvalue weighted by atomic mass is 19.1. The van der Waals surface area contributed by atoms with E-state index in [1.54, 1.807) is 12.1 Å². The van der Waals surface area contributed by atoms with Crippen LogP contribution in [0.5, 0.6) is 0 Å². The quantitative estimate of drug-likeness (QED) is 0.745. The Labute approximate surface area is 141 Å². The molecule has 25 heavy (non-hydrogen) atoms.